The number of carbonyl (C=O) groups excluding carboxylic acids is 3. The van der Waals surface area contributed by atoms with Gasteiger partial charge >= 0.3 is 6.03 Å². The molecule has 1 aliphatic rings. The Hall–Kier alpha value is -3.59. The second-order valence-corrected chi connectivity index (χ2v) is 7.18. The average molecular weight is 425 g/mol. The zero-order chi connectivity index (χ0) is 22.4. The number of carbonyl (C=O) groups is 3. The fourth-order valence-corrected chi connectivity index (χ4v) is 3.46. The van der Waals surface area contributed by atoms with Crippen molar-refractivity contribution in [2.45, 2.75) is 13.1 Å². The van der Waals surface area contributed by atoms with Crippen molar-refractivity contribution in [3.8, 4) is 5.75 Å². The van der Waals surface area contributed by atoms with Crippen LogP contribution in [0.1, 0.15) is 15.9 Å². The first-order valence-corrected chi connectivity index (χ1v) is 10.0. The highest BCUT2D eigenvalue weighted by molar-refractivity contribution is 6.00. The molecule has 1 aliphatic heterocycles. The largest absolute Gasteiger partial charge is 0.497 e. The lowest BCUT2D eigenvalue weighted by molar-refractivity contribution is -0.127. The number of rotatable bonds is 6. The number of urea groups is 1. The normalized spacial score (nSPS) is 15.5. The fraction of sp³-hybridized carbons (Fsp3) is 0.318. The van der Waals surface area contributed by atoms with Gasteiger partial charge in [-0.15, -0.1) is 0 Å². The molecule has 31 heavy (non-hydrogen) atoms. The standard InChI is InChI=1S/C22H27N5O4/c1-15-5-3-6-16(13-15)21(29)26-11-12-27(20(26)19(28)24-10-9-23)22(30)25-17-7-4-8-18(14-17)31-2/h3-8,13-14,20H,9-12,23H2,1-2H3,(H,24,28)(H,25,30). The summed E-state index contributed by atoms with van der Waals surface area (Å²) in [6.45, 7) is 2.83. The number of amides is 4. The first kappa shape index (κ1) is 22.1. The Morgan fingerprint density at radius 2 is 1.84 bits per heavy atom. The molecule has 1 unspecified atom stereocenters. The number of hydrogen-bond acceptors (Lipinski definition) is 5. The topological polar surface area (TPSA) is 117 Å². The van der Waals surface area contributed by atoms with Crippen LogP contribution in [-0.2, 0) is 4.79 Å². The third-order valence-electron chi connectivity index (χ3n) is 4.96. The summed E-state index contributed by atoms with van der Waals surface area (Å²) in [4.78, 5) is 41.8. The smallest absolute Gasteiger partial charge is 0.323 e. The van der Waals surface area contributed by atoms with Crippen LogP contribution in [0.2, 0.25) is 0 Å². The second kappa shape index (κ2) is 9.94. The summed E-state index contributed by atoms with van der Waals surface area (Å²) >= 11 is 0. The summed E-state index contributed by atoms with van der Waals surface area (Å²) in [7, 11) is 1.54. The fourth-order valence-electron chi connectivity index (χ4n) is 3.46. The molecule has 164 valence electrons. The molecular formula is C22H27N5O4. The molecule has 4 amide bonds. The minimum atomic E-state index is -1.08. The Morgan fingerprint density at radius 1 is 1.10 bits per heavy atom. The van der Waals surface area contributed by atoms with Gasteiger partial charge in [-0.25, -0.2) is 4.79 Å². The van der Waals surface area contributed by atoms with Crippen molar-refractivity contribution < 1.29 is 19.1 Å². The van der Waals surface area contributed by atoms with Gasteiger partial charge in [-0.1, -0.05) is 23.8 Å². The molecule has 1 heterocycles. The van der Waals surface area contributed by atoms with Gasteiger partial charge in [0.05, 0.1) is 7.11 Å². The first-order valence-electron chi connectivity index (χ1n) is 10.0. The Balaban J connectivity index is 1.83. The second-order valence-electron chi connectivity index (χ2n) is 7.18. The van der Waals surface area contributed by atoms with Gasteiger partial charge in [-0.2, -0.15) is 0 Å². The number of benzene rings is 2. The molecule has 0 aliphatic carbocycles. The van der Waals surface area contributed by atoms with Crippen molar-refractivity contribution in [3.05, 3.63) is 59.7 Å². The predicted molar refractivity (Wildman–Crippen MR) is 117 cm³/mol. The van der Waals surface area contributed by atoms with Crippen molar-refractivity contribution in [1.29, 1.82) is 0 Å². The molecule has 4 N–H and O–H groups in total. The Morgan fingerprint density at radius 3 is 2.55 bits per heavy atom. The molecule has 2 aromatic rings. The van der Waals surface area contributed by atoms with Crippen LogP contribution in [-0.4, -0.2) is 67.1 Å². The molecule has 2 aromatic carbocycles. The Bertz CT molecular complexity index is 964. The van der Waals surface area contributed by atoms with Crippen LogP contribution in [0.4, 0.5) is 10.5 Å². The number of nitrogens with one attached hydrogen (secondary N) is 2. The summed E-state index contributed by atoms with van der Waals surface area (Å²) in [5.41, 5.74) is 7.42. The predicted octanol–water partition coefficient (Wildman–Crippen LogP) is 1.39. The van der Waals surface area contributed by atoms with Gasteiger partial charge in [-0.05, 0) is 31.2 Å². The lowest BCUT2D eigenvalue weighted by Gasteiger charge is -2.29. The highest BCUT2D eigenvalue weighted by atomic mass is 16.5. The van der Waals surface area contributed by atoms with Gasteiger partial charge < -0.3 is 26.0 Å². The van der Waals surface area contributed by atoms with Crippen LogP contribution < -0.4 is 21.1 Å². The lowest BCUT2D eigenvalue weighted by Crippen LogP contribution is -2.55. The van der Waals surface area contributed by atoms with Gasteiger partial charge in [0, 0.05) is 43.5 Å². The van der Waals surface area contributed by atoms with Gasteiger partial charge in [-0.3, -0.25) is 14.5 Å². The molecule has 9 heteroatoms. The van der Waals surface area contributed by atoms with E-state index in [0.717, 1.165) is 5.56 Å². The summed E-state index contributed by atoms with van der Waals surface area (Å²) in [6.07, 6.45) is -1.08. The van der Waals surface area contributed by atoms with Crippen LogP contribution in [0.25, 0.3) is 0 Å². The van der Waals surface area contributed by atoms with Crippen LogP contribution >= 0.6 is 0 Å². The van der Waals surface area contributed by atoms with E-state index in [-0.39, 0.29) is 32.1 Å². The minimum Gasteiger partial charge on any atom is -0.497 e. The van der Waals surface area contributed by atoms with Crippen molar-refractivity contribution in [2.75, 3.05) is 38.6 Å². The van der Waals surface area contributed by atoms with E-state index in [1.54, 1.807) is 42.5 Å². The number of nitrogens with zero attached hydrogens (tertiary/aromatic N) is 2. The average Bonchev–Trinajstić information content (AvgIpc) is 3.22. The molecule has 1 atom stereocenters. The van der Waals surface area contributed by atoms with Crippen molar-refractivity contribution in [1.82, 2.24) is 15.1 Å². The quantitative estimate of drug-likeness (QED) is 0.647. The molecule has 0 saturated carbocycles. The maximum absolute atomic E-state index is 13.1. The van der Waals surface area contributed by atoms with Crippen molar-refractivity contribution >= 4 is 23.5 Å². The summed E-state index contributed by atoms with van der Waals surface area (Å²) in [5.74, 6) is -0.175. The highest BCUT2D eigenvalue weighted by Crippen LogP contribution is 2.22. The van der Waals surface area contributed by atoms with Crippen molar-refractivity contribution in [2.24, 2.45) is 5.73 Å². The van der Waals surface area contributed by atoms with E-state index in [1.807, 2.05) is 13.0 Å². The van der Waals surface area contributed by atoms with Gasteiger partial charge in [0.25, 0.3) is 11.8 Å². The number of anilines is 1. The zero-order valence-electron chi connectivity index (χ0n) is 17.6. The Labute approximate surface area is 181 Å². The molecule has 0 radical (unpaired) electrons. The van der Waals surface area contributed by atoms with E-state index in [0.29, 0.717) is 17.0 Å². The molecule has 1 fully saturated rings. The third kappa shape index (κ3) is 5.13. The van der Waals surface area contributed by atoms with E-state index in [9.17, 15) is 14.4 Å². The van der Waals surface area contributed by atoms with Crippen LogP contribution in [0, 0.1) is 6.92 Å². The first-order chi connectivity index (χ1) is 14.9. The number of hydrogen-bond donors (Lipinski definition) is 3. The number of ether oxygens (including phenoxy) is 1. The maximum atomic E-state index is 13.1. The van der Waals surface area contributed by atoms with E-state index < -0.39 is 18.1 Å². The van der Waals surface area contributed by atoms with E-state index in [1.165, 1.54) is 16.9 Å². The zero-order valence-corrected chi connectivity index (χ0v) is 17.6. The number of aryl methyl sites for hydroxylation is 1. The van der Waals surface area contributed by atoms with Crippen LogP contribution in [0.5, 0.6) is 5.75 Å². The molecule has 9 nitrogen and oxygen atoms in total. The third-order valence-corrected chi connectivity index (χ3v) is 4.96. The van der Waals surface area contributed by atoms with E-state index >= 15 is 0 Å². The van der Waals surface area contributed by atoms with Crippen molar-refractivity contribution in [3.63, 3.8) is 0 Å². The monoisotopic (exact) mass is 425 g/mol. The SMILES string of the molecule is COc1cccc(NC(=O)N2CCN(C(=O)c3cccc(C)c3)C2C(=O)NCCN)c1. The van der Waals surface area contributed by atoms with Crippen LogP contribution in [0.15, 0.2) is 48.5 Å². The van der Waals surface area contributed by atoms with E-state index in [4.69, 9.17) is 10.5 Å². The highest BCUT2D eigenvalue weighted by Gasteiger charge is 2.42. The Kier molecular flexibility index (Phi) is 7.09. The summed E-state index contributed by atoms with van der Waals surface area (Å²) < 4.78 is 5.18. The molecule has 1 saturated heterocycles. The van der Waals surface area contributed by atoms with Gasteiger partial charge in [0.2, 0.25) is 0 Å². The molecule has 0 bridgehead atoms. The summed E-state index contributed by atoms with van der Waals surface area (Å²) in [6, 6.07) is 13.5. The minimum absolute atomic E-state index is 0.216. The lowest BCUT2D eigenvalue weighted by atomic mass is 10.1. The van der Waals surface area contributed by atoms with Crippen LogP contribution in [0.3, 0.4) is 0 Å². The molecule has 0 spiro atoms. The molecule has 0 aromatic heterocycles. The molecule has 3 rings (SSSR count). The van der Waals surface area contributed by atoms with Gasteiger partial charge in [0.1, 0.15) is 5.75 Å². The number of methoxy groups -OCH3 is 1. The molecular weight excluding hydrogens is 398 g/mol. The van der Waals surface area contributed by atoms with E-state index in [2.05, 4.69) is 10.6 Å². The van der Waals surface area contributed by atoms with Gasteiger partial charge in [0.15, 0.2) is 6.17 Å². The summed E-state index contributed by atoms with van der Waals surface area (Å²) in [5, 5.41) is 5.46. The number of nitrogens with two attached hydrogens (primary N) is 1. The maximum Gasteiger partial charge on any atom is 0.323 e.